The molecule has 82 valence electrons. The largest absolute Gasteiger partial charge is 0.446 e. The molecule has 5 heteroatoms. The van der Waals surface area contributed by atoms with Crippen molar-refractivity contribution >= 4 is 43.3 Å². The Labute approximate surface area is 109 Å². The molecule has 0 aliphatic rings. The smallest absolute Gasteiger partial charge is 0.229 e. The van der Waals surface area contributed by atoms with Gasteiger partial charge in [-0.3, -0.25) is 4.79 Å². The van der Waals surface area contributed by atoms with E-state index < -0.39 is 0 Å². The molecule has 1 aromatic carbocycles. The van der Waals surface area contributed by atoms with Gasteiger partial charge in [0.05, 0.1) is 0 Å². The van der Waals surface area contributed by atoms with E-state index in [1.807, 2.05) is 0 Å². The normalized spacial score (nSPS) is 10.4. The Kier molecular flexibility index (Phi) is 3.16. The summed E-state index contributed by atoms with van der Waals surface area (Å²) in [5.41, 5.74) is 6.66. The number of benzene rings is 1. The lowest BCUT2D eigenvalue weighted by Gasteiger charge is -2.02. The molecular weight excluding hydrogens is 338 g/mol. The molecule has 1 heterocycles. The molecule has 0 radical (unpaired) electrons. The summed E-state index contributed by atoms with van der Waals surface area (Å²) in [5.74, 6) is 0.0723. The molecule has 2 aromatic rings. The number of carbonyl (C=O) groups excluding carboxylic acids is 1. The van der Waals surface area contributed by atoms with Crippen molar-refractivity contribution in [1.29, 1.82) is 0 Å². The van der Waals surface area contributed by atoms with Gasteiger partial charge in [0, 0.05) is 15.7 Å². The molecule has 2 rings (SSSR count). The van der Waals surface area contributed by atoms with Crippen LogP contribution in [0.5, 0.6) is 0 Å². The van der Waals surface area contributed by atoms with Gasteiger partial charge in [0.25, 0.3) is 0 Å². The van der Waals surface area contributed by atoms with E-state index >= 15 is 0 Å². The molecule has 0 aliphatic carbocycles. The highest BCUT2D eigenvalue weighted by Crippen LogP contribution is 2.24. The van der Waals surface area contributed by atoms with Gasteiger partial charge in [-0.25, -0.2) is 0 Å². The zero-order valence-electron chi connectivity index (χ0n) is 8.04. The number of nitrogen functional groups attached to an aromatic ring is 1. The zero-order chi connectivity index (χ0) is 11.7. The summed E-state index contributed by atoms with van der Waals surface area (Å²) in [6.07, 6.45) is 0. The van der Waals surface area contributed by atoms with Crippen LogP contribution < -0.4 is 5.73 Å². The van der Waals surface area contributed by atoms with Crippen molar-refractivity contribution in [2.45, 2.75) is 0 Å². The van der Waals surface area contributed by atoms with Crippen LogP contribution in [0.15, 0.2) is 43.9 Å². The number of rotatable bonds is 2. The number of halogens is 2. The third kappa shape index (κ3) is 2.20. The second-order valence-electron chi connectivity index (χ2n) is 3.17. The molecule has 0 fully saturated rings. The summed E-state index contributed by atoms with van der Waals surface area (Å²) in [7, 11) is 0. The molecule has 0 bridgehead atoms. The first-order valence-corrected chi connectivity index (χ1v) is 6.01. The summed E-state index contributed by atoms with van der Waals surface area (Å²) in [5, 5.41) is 0. The lowest BCUT2D eigenvalue weighted by atomic mass is 10.1. The minimum absolute atomic E-state index is 0.204. The number of furan rings is 1. The van der Waals surface area contributed by atoms with Crippen molar-refractivity contribution in [1.82, 2.24) is 0 Å². The zero-order valence-corrected chi connectivity index (χ0v) is 11.2. The third-order valence-corrected chi connectivity index (χ3v) is 3.15. The van der Waals surface area contributed by atoms with Crippen LogP contribution in [-0.4, -0.2) is 5.78 Å². The summed E-state index contributed by atoms with van der Waals surface area (Å²) >= 11 is 6.46. The molecule has 0 atom stereocenters. The maximum absolute atomic E-state index is 12.0. The fourth-order valence-corrected chi connectivity index (χ4v) is 2.02. The SMILES string of the molecule is Nc1ccc(Br)c(C(=O)c2ccc(Br)o2)c1. The van der Waals surface area contributed by atoms with Crippen LogP contribution in [0.3, 0.4) is 0 Å². The molecule has 1 aromatic heterocycles. The van der Waals surface area contributed by atoms with Crippen molar-refractivity contribution in [3.63, 3.8) is 0 Å². The van der Waals surface area contributed by atoms with E-state index in [9.17, 15) is 4.79 Å². The molecule has 0 aliphatic heterocycles. The lowest BCUT2D eigenvalue weighted by Crippen LogP contribution is -2.01. The van der Waals surface area contributed by atoms with E-state index in [2.05, 4.69) is 31.9 Å². The maximum atomic E-state index is 12.0. The molecule has 0 saturated carbocycles. The Balaban J connectivity index is 2.45. The predicted molar refractivity (Wildman–Crippen MR) is 68.4 cm³/mol. The Morgan fingerprint density at radius 1 is 1.19 bits per heavy atom. The van der Waals surface area contributed by atoms with Crippen LogP contribution in [0.25, 0.3) is 0 Å². The summed E-state index contributed by atoms with van der Waals surface area (Å²) in [6, 6.07) is 8.36. The second-order valence-corrected chi connectivity index (χ2v) is 4.81. The van der Waals surface area contributed by atoms with Gasteiger partial charge in [-0.1, -0.05) is 15.9 Å². The van der Waals surface area contributed by atoms with E-state index in [-0.39, 0.29) is 11.5 Å². The molecule has 16 heavy (non-hydrogen) atoms. The van der Waals surface area contributed by atoms with Gasteiger partial charge >= 0.3 is 0 Å². The Morgan fingerprint density at radius 3 is 2.56 bits per heavy atom. The van der Waals surface area contributed by atoms with Gasteiger partial charge in [0.1, 0.15) is 0 Å². The molecule has 0 spiro atoms. The number of hydrogen-bond acceptors (Lipinski definition) is 3. The van der Waals surface area contributed by atoms with Gasteiger partial charge in [0.2, 0.25) is 5.78 Å². The molecule has 0 amide bonds. The first kappa shape index (κ1) is 11.4. The quantitative estimate of drug-likeness (QED) is 0.668. The highest BCUT2D eigenvalue weighted by Gasteiger charge is 2.16. The van der Waals surface area contributed by atoms with Crippen LogP contribution in [0.4, 0.5) is 5.69 Å². The molecule has 0 unspecified atom stereocenters. The van der Waals surface area contributed by atoms with Gasteiger partial charge in [-0.05, 0) is 46.3 Å². The maximum Gasteiger partial charge on any atom is 0.229 e. The van der Waals surface area contributed by atoms with Crippen LogP contribution in [-0.2, 0) is 0 Å². The number of carbonyl (C=O) groups is 1. The molecule has 0 saturated heterocycles. The fraction of sp³-hybridized carbons (Fsp3) is 0. The fourth-order valence-electron chi connectivity index (χ4n) is 1.29. The molecular formula is C11H7Br2NO2. The van der Waals surface area contributed by atoms with Crippen molar-refractivity contribution < 1.29 is 9.21 Å². The number of ketones is 1. The lowest BCUT2D eigenvalue weighted by molar-refractivity contribution is 0.101. The van der Waals surface area contributed by atoms with Crippen molar-refractivity contribution in [2.75, 3.05) is 5.73 Å². The van der Waals surface area contributed by atoms with Gasteiger partial charge in [0.15, 0.2) is 10.4 Å². The topological polar surface area (TPSA) is 56.2 Å². The highest BCUT2D eigenvalue weighted by atomic mass is 79.9. The van der Waals surface area contributed by atoms with Gasteiger partial charge in [-0.15, -0.1) is 0 Å². The van der Waals surface area contributed by atoms with Crippen molar-refractivity contribution in [3.05, 3.63) is 50.8 Å². The van der Waals surface area contributed by atoms with Gasteiger partial charge < -0.3 is 10.2 Å². The van der Waals surface area contributed by atoms with Crippen LogP contribution in [0.2, 0.25) is 0 Å². The average molecular weight is 345 g/mol. The third-order valence-electron chi connectivity index (χ3n) is 2.03. The number of nitrogens with two attached hydrogens (primary N) is 1. The van der Waals surface area contributed by atoms with Gasteiger partial charge in [-0.2, -0.15) is 0 Å². The molecule has 2 N–H and O–H groups in total. The monoisotopic (exact) mass is 343 g/mol. The van der Waals surface area contributed by atoms with E-state index in [0.717, 1.165) is 0 Å². The highest BCUT2D eigenvalue weighted by molar-refractivity contribution is 9.10. The van der Waals surface area contributed by atoms with Crippen molar-refractivity contribution in [2.24, 2.45) is 0 Å². The number of anilines is 1. The first-order valence-electron chi connectivity index (χ1n) is 4.43. The minimum atomic E-state index is -0.204. The number of hydrogen-bond donors (Lipinski definition) is 1. The van der Waals surface area contributed by atoms with Crippen molar-refractivity contribution in [3.8, 4) is 0 Å². The van der Waals surface area contributed by atoms with E-state index in [4.69, 9.17) is 10.2 Å². The Bertz CT molecular complexity index is 549. The van der Waals surface area contributed by atoms with Crippen LogP contribution in [0, 0.1) is 0 Å². The first-order chi connectivity index (χ1) is 7.58. The Hall–Kier alpha value is -1.07. The summed E-state index contributed by atoms with van der Waals surface area (Å²) in [6.45, 7) is 0. The van der Waals surface area contributed by atoms with E-state index in [0.29, 0.717) is 20.4 Å². The van der Waals surface area contributed by atoms with E-state index in [1.165, 1.54) is 0 Å². The second kappa shape index (κ2) is 4.43. The molecule has 3 nitrogen and oxygen atoms in total. The van der Waals surface area contributed by atoms with E-state index in [1.54, 1.807) is 30.3 Å². The average Bonchev–Trinajstić information content (AvgIpc) is 2.67. The summed E-state index contributed by atoms with van der Waals surface area (Å²) in [4.78, 5) is 12.0. The Morgan fingerprint density at radius 2 is 1.94 bits per heavy atom. The summed E-state index contributed by atoms with van der Waals surface area (Å²) < 4.78 is 6.42. The minimum Gasteiger partial charge on any atom is -0.446 e. The predicted octanol–water partition coefficient (Wildman–Crippen LogP) is 3.62. The standard InChI is InChI=1S/C11H7Br2NO2/c12-8-2-1-6(14)5-7(8)11(15)9-3-4-10(13)16-9/h1-5H,14H2. The van der Waals surface area contributed by atoms with Crippen LogP contribution in [0.1, 0.15) is 16.1 Å². The van der Waals surface area contributed by atoms with Crippen LogP contribution >= 0.6 is 31.9 Å².